The monoisotopic (exact) mass is 684 g/mol. The summed E-state index contributed by atoms with van der Waals surface area (Å²) in [7, 11) is 13.2. The first-order valence-corrected chi connectivity index (χ1v) is 16.4. The van der Waals surface area contributed by atoms with Crippen molar-refractivity contribution in [2.24, 2.45) is 0 Å². The summed E-state index contributed by atoms with van der Waals surface area (Å²) in [5.41, 5.74) is 5.07. The van der Waals surface area contributed by atoms with Gasteiger partial charge in [-0.1, -0.05) is 0 Å². The second-order valence-electron chi connectivity index (χ2n) is 12.5. The summed E-state index contributed by atoms with van der Waals surface area (Å²) in [5, 5.41) is 13.9. The lowest BCUT2D eigenvalue weighted by Crippen LogP contribution is -2.68. The number of nitrogens with one attached hydrogen (secondary N) is 1. The minimum atomic E-state index is -0.458. The van der Waals surface area contributed by atoms with E-state index in [2.05, 4.69) is 34.3 Å². The van der Waals surface area contributed by atoms with E-state index in [1.54, 1.807) is 68.0 Å². The van der Waals surface area contributed by atoms with Gasteiger partial charge in [-0.05, 0) is 90.2 Å². The van der Waals surface area contributed by atoms with E-state index in [0.717, 1.165) is 22.3 Å². The highest BCUT2D eigenvalue weighted by molar-refractivity contribution is 5.92. The number of carbonyl (C=O) groups is 1. The van der Waals surface area contributed by atoms with Gasteiger partial charge in [-0.3, -0.25) is 14.6 Å². The molecule has 0 unspecified atom stereocenters. The number of hydrogen-bond donors (Lipinski definition) is 1. The third-order valence-electron chi connectivity index (χ3n) is 10.3. The van der Waals surface area contributed by atoms with Crippen molar-refractivity contribution < 1.29 is 38.0 Å². The number of piperazine rings is 1. The molecule has 1 amide bonds. The first-order chi connectivity index (χ1) is 24.2. The average Bonchev–Trinajstić information content (AvgIpc) is 3.14. The van der Waals surface area contributed by atoms with Crippen molar-refractivity contribution in [1.82, 2.24) is 15.1 Å². The Morgan fingerprint density at radius 3 is 1.82 bits per heavy atom. The van der Waals surface area contributed by atoms with Crippen LogP contribution in [0.5, 0.6) is 40.2 Å². The molecule has 1 saturated heterocycles. The van der Waals surface area contributed by atoms with E-state index in [9.17, 15) is 10.1 Å². The van der Waals surface area contributed by atoms with Gasteiger partial charge in [0.2, 0.25) is 11.7 Å². The van der Waals surface area contributed by atoms with Crippen LogP contribution in [0.4, 0.5) is 0 Å². The molecule has 12 heteroatoms. The summed E-state index contributed by atoms with van der Waals surface area (Å²) < 4.78 is 39.2. The van der Waals surface area contributed by atoms with Crippen LogP contribution < -0.4 is 38.5 Å². The summed E-state index contributed by atoms with van der Waals surface area (Å²) in [6.07, 6.45) is 4.50. The molecule has 5 atom stereocenters. The van der Waals surface area contributed by atoms with Gasteiger partial charge in [-0.25, -0.2) is 0 Å². The maximum Gasteiger partial charge on any atom is 0.244 e. The molecule has 0 aliphatic carbocycles. The molecule has 1 fully saturated rings. The number of carbonyl (C=O) groups excluding carboxylic acids is 1. The van der Waals surface area contributed by atoms with Crippen LogP contribution in [-0.4, -0.2) is 97.2 Å². The quantitative estimate of drug-likeness (QED) is 0.290. The number of nitrogens with zero attached hydrogens (tertiary/aromatic N) is 3. The van der Waals surface area contributed by atoms with Gasteiger partial charge in [0.15, 0.2) is 34.5 Å². The Labute approximate surface area is 293 Å². The van der Waals surface area contributed by atoms with Gasteiger partial charge >= 0.3 is 0 Å². The van der Waals surface area contributed by atoms with Crippen molar-refractivity contribution in [3.05, 3.63) is 70.3 Å². The normalized spacial score (nSPS) is 22.3. The van der Waals surface area contributed by atoms with Crippen LogP contribution in [0.3, 0.4) is 0 Å². The number of benzene rings is 3. The summed E-state index contributed by atoms with van der Waals surface area (Å²) >= 11 is 0. The summed E-state index contributed by atoms with van der Waals surface area (Å²) in [6, 6.07) is 13.3. The van der Waals surface area contributed by atoms with Gasteiger partial charge in [0.05, 0.1) is 67.9 Å². The maximum absolute atomic E-state index is 13.4. The molecule has 12 nitrogen and oxygen atoms in total. The number of rotatable bonds is 11. The van der Waals surface area contributed by atoms with Gasteiger partial charge in [0.1, 0.15) is 6.04 Å². The van der Waals surface area contributed by atoms with Crippen LogP contribution in [0, 0.1) is 11.3 Å². The van der Waals surface area contributed by atoms with E-state index in [1.807, 2.05) is 18.2 Å². The fraction of sp³-hybridized carbons (Fsp3) is 0.421. The zero-order valence-electron chi connectivity index (χ0n) is 29.7. The van der Waals surface area contributed by atoms with Gasteiger partial charge < -0.3 is 38.5 Å². The van der Waals surface area contributed by atoms with Crippen LogP contribution in [-0.2, 0) is 17.6 Å². The van der Waals surface area contributed by atoms with Crippen LogP contribution in [0.25, 0.3) is 6.08 Å². The molecule has 3 aliphatic heterocycles. The minimum absolute atomic E-state index is 0.0486. The first-order valence-electron chi connectivity index (χ1n) is 16.4. The molecule has 0 radical (unpaired) electrons. The van der Waals surface area contributed by atoms with Crippen LogP contribution in [0.2, 0.25) is 0 Å². The Kier molecular flexibility index (Phi) is 10.00. The Morgan fingerprint density at radius 2 is 1.28 bits per heavy atom. The van der Waals surface area contributed by atoms with E-state index >= 15 is 0 Å². The summed E-state index contributed by atoms with van der Waals surface area (Å²) in [6.45, 7) is 0.261. The fourth-order valence-electron chi connectivity index (χ4n) is 8.01. The highest BCUT2D eigenvalue weighted by Gasteiger charge is 2.54. The number of hydrogen-bond acceptors (Lipinski definition) is 11. The van der Waals surface area contributed by atoms with Gasteiger partial charge in [-0.15, -0.1) is 0 Å². The Morgan fingerprint density at radius 1 is 0.760 bits per heavy atom. The predicted octanol–water partition coefficient (Wildman–Crippen LogP) is 4.35. The van der Waals surface area contributed by atoms with E-state index in [-0.39, 0.29) is 36.6 Å². The molecule has 0 aromatic heterocycles. The molecule has 50 heavy (non-hydrogen) atoms. The van der Waals surface area contributed by atoms with Crippen LogP contribution in [0.1, 0.15) is 39.9 Å². The number of nitriles is 1. The molecule has 2 bridgehead atoms. The zero-order chi connectivity index (χ0) is 35.7. The molecule has 264 valence electrons. The third kappa shape index (κ3) is 5.90. The van der Waals surface area contributed by atoms with Gasteiger partial charge in [0, 0.05) is 24.7 Å². The highest BCUT2D eigenvalue weighted by Crippen LogP contribution is 2.52. The van der Waals surface area contributed by atoms with Crippen molar-refractivity contribution in [1.29, 1.82) is 5.26 Å². The second-order valence-corrected chi connectivity index (χ2v) is 12.5. The molecule has 6 rings (SSSR count). The molecule has 3 aromatic rings. The van der Waals surface area contributed by atoms with Crippen molar-refractivity contribution in [3.63, 3.8) is 0 Å². The van der Waals surface area contributed by atoms with E-state index < -0.39 is 6.04 Å². The minimum Gasteiger partial charge on any atom is -0.493 e. The fourth-order valence-corrected chi connectivity index (χ4v) is 8.01. The zero-order valence-corrected chi connectivity index (χ0v) is 29.7. The predicted molar refractivity (Wildman–Crippen MR) is 187 cm³/mol. The topological polar surface area (TPSA) is 124 Å². The molecule has 0 saturated carbocycles. The summed E-state index contributed by atoms with van der Waals surface area (Å²) in [4.78, 5) is 18.1. The average molecular weight is 685 g/mol. The number of fused-ring (bicyclic) bond motifs is 7. The lowest BCUT2D eigenvalue weighted by Gasteiger charge is -2.60. The van der Waals surface area contributed by atoms with Crippen molar-refractivity contribution in [2.45, 2.75) is 43.1 Å². The lowest BCUT2D eigenvalue weighted by molar-refractivity contribution is -0.117. The molecule has 3 aliphatic rings. The van der Waals surface area contributed by atoms with Crippen molar-refractivity contribution >= 4 is 12.0 Å². The molecule has 3 heterocycles. The van der Waals surface area contributed by atoms with E-state index in [1.165, 1.54) is 6.08 Å². The largest absolute Gasteiger partial charge is 0.493 e. The van der Waals surface area contributed by atoms with Gasteiger partial charge in [0.25, 0.3) is 0 Å². The Hall–Kier alpha value is -5.12. The Balaban J connectivity index is 1.38. The number of methoxy groups -OCH3 is 7. The molecule has 0 spiro atoms. The number of likely N-dealkylation sites (N-methyl/N-ethyl adjacent to an activating group) is 1. The molecule has 1 N–H and O–H groups in total. The SMILES string of the molecule is COc1cc2c(cc1OC)[C@@H]1[C@@H]3Cc4cc(OC)c(OC)cc4[C@H](CNC(=O)/C=C/c4cc(OC)c(OC)c(OC)c4)N3[C@@H](C#N)[C@H](C2)N1C. The second kappa shape index (κ2) is 14.4. The number of ether oxygens (including phenoxy) is 7. The smallest absolute Gasteiger partial charge is 0.244 e. The number of amides is 1. The third-order valence-corrected chi connectivity index (χ3v) is 10.3. The standard InChI is InChI=1S/C38H44N4O8/c1-41-26-13-23-16-31(45-3)33(47-5)18-25(23)37(41)27-14-22-15-30(44-2)32(46-4)17-24(22)29(42(27)28(26)19-39)20-40-36(43)10-9-21-11-34(48-6)38(50-8)35(12-21)49-7/h9-12,15-18,26-29,37H,13-14,20H2,1-8H3,(H,40,43)/b10-9+/t26-,27-,28-,29-,37+/m0/s1. The van der Waals surface area contributed by atoms with Crippen LogP contribution >= 0.6 is 0 Å². The molecule has 3 aromatic carbocycles. The van der Waals surface area contributed by atoms with Gasteiger partial charge in [-0.2, -0.15) is 5.26 Å². The van der Waals surface area contributed by atoms with E-state index in [4.69, 9.17) is 33.2 Å². The van der Waals surface area contributed by atoms with Crippen LogP contribution in [0.15, 0.2) is 42.5 Å². The summed E-state index contributed by atoms with van der Waals surface area (Å²) in [5.74, 6) is 3.72. The Bertz CT molecular complexity index is 1810. The maximum atomic E-state index is 13.4. The lowest BCUT2D eigenvalue weighted by atomic mass is 9.72. The molecular weight excluding hydrogens is 640 g/mol. The molecular formula is C38H44N4O8. The first kappa shape index (κ1) is 34.7. The van der Waals surface area contributed by atoms with Crippen molar-refractivity contribution in [3.8, 4) is 46.3 Å². The van der Waals surface area contributed by atoms with Crippen molar-refractivity contribution in [2.75, 3.05) is 63.4 Å². The van der Waals surface area contributed by atoms with E-state index in [0.29, 0.717) is 58.7 Å². The highest BCUT2D eigenvalue weighted by atomic mass is 16.5.